The van der Waals surface area contributed by atoms with E-state index in [4.69, 9.17) is 9.47 Å². The Bertz CT molecular complexity index is 507. The van der Waals surface area contributed by atoms with Gasteiger partial charge in [0.25, 0.3) is 0 Å². The molecule has 1 rings (SSSR count). The number of alkyl halides is 4. The molecule has 0 heterocycles. The molecule has 0 aromatic heterocycles. The molecule has 22 heavy (non-hydrogen) atoms. The Morgan fingerprint density at radius 3 is 1.86 bits per heavy atom. The number of carbonyl (C=O) groups is 2. The molecule has 0 aliphatic rings. The first-order valence-electron chi connectivity index (χ1n) is 6.13. The second-order valence-electron chi connectivity index (χ2n) is 4.35. The largest absolute Gasteiger partial charge is 0.467 e. The third-order valence-corrected chi connectivity index (χ3v) is 9.61. The van der Waals surface area contributed by atoms with Crippen LogP contribution in [0.5, 0.6) is 0 Å². The van der Waals surface area contributed by atoms with E-state index in [0.717, 1.165) is 5.56 Å². The van der Waals surface area contributed by atoms with E-state index in [1.165, 1.54) is 14.2 Å². The number of ether oxygens (including phenoxy) is 2. The van der Waals surface area contributed by atoms with Crippen LogP contribution in [0.4, 0.5) is 0 Å². The van der Waals surface area contributed by atoms with Crippen LogP contribution in [0.25, 0.3) is 0 Å². The van der Waals surface area contributed by atoms with Gasteiger partial charge in [0.15, 0.2) is 0 Å². The predicted octanol–water partition coefficient (Wildman–Crippen LogP) is 4.13. The van der Waals surface area contributed by atoms with Crippen LogP contribution in [0.1, 0.15) is 10.4 Å². The number of benzene rings is 1. The number of hydrogen-bond acceptors (Lipinski definition) is 4. The average molecular weight is 566 g/mol. The van der Waals surface area contributed by atoms with E-state index in [2.05, 4.69) is 63.7 Å². The maximum absolute atomic E-state index is 12.1. The van der Waals surface area contributed by atoms with Crippen LogP contribution in [0.15, 0.2) is 30.3 Å². The molecule has 3 unspecified atom stereocenters. The molecule has 0 saturated heterocycles. The number of hydrogen-bond donors (Lipinski definition) is 0. The maximum atomic E-state index is 12.1. The third-order valence-electron chi connectivity index (χ3n) is 3.02. The van der Waals surface area contributed by atoms with Crippen molar-refractivity contribution in [3.8, 4) is 0 Å². The van der Waals surface area contributed by atoms with E-state index in [1.54, 1.807) is 0 Å². The molecule has 0 aliphatic carbocycles. The van der Waals surface area contributed by atoms with E-state index in [9.17, 15) is 9.59 Å². The summed E-state index contributed by atoms with van der Waals surface area (Å²) in [6.07, 6.45) is 0. The molecule has 0 radical (unpaired) electrons. The topological polar surface area (TPSA) is 52.6 Å². The molecule has 0 fully saturated rings. The van der Waals surface area contributed by atoms with Gasteiger partial charge in [0.1, 0.15) is 0 Å². The number of esters is 2. The first kappa shape index (κ1) is 20.1. The monoisotopic (exact) mass is 562 g/mol. The van der Waals surface area contributed by atoms with Crippen LogP contribution >= 0.6 is 63.7 Å². The zero-order valence-electron chi connectivity index (χ0n) is 11.8. The molecule has 0 amide bonds. The van der Waals surface area contributed by atoms with Gasteiger partial charge in [-0.1, -0.05) is 94.1 Å². The summed E-state index contributed by atoms with van der Waals surface area (Å²) in [5.74, 6) is -1.48. The van der Waals surface area contributed by atoms with Crippen LogP contribution in [0.3, 0.4) is 0 Å². The van der Waals surface area contributed by atoms with Crippen LogP contribution in [0.2, 0.25) is 0 Å². The molecule has 0 aliphatic heterocycles. The fourth-order valence-corrected chi connectivity index (χ4v) is 5.16. The van der Waals surface area contributed by atoms with E-state index in [0.29, 0.717) is 0 Å². The lowest BCUT2D eigenvalue weighted by Crippen LogP contribution is -2.53. The lowest BCUT2D eigenvalue weighted by molar-refractivity contribution is -0.155. The van der Waals surface area contributed by atoms with Gasteiger partial charge in [0.05, 0.1) is 23.9 Å². The summed E-state index contributed by atoms with van der Waals surface area (Å²) < 4.78 is 7.82. The van der Waals surface area contributed by atoms with Gasteiger partial charge in [0, 0.05) is 4.83 Å². The normalized spacial score (nSPS) is 15.5. The number of methoxy groups -OCH3 is 2. The summed E-state index contributed by atoms with van der Waals surface area (Å²) >= 11 is 13.7. The van der Waals surface area contributed by atoms with Crippen molar-refractivity contribution < 1.29 is 19.1 Å². The second kappa shape index (κ2) is 8.80. The van der Waals surface area contributed by atoms with Crippen molar-refractivity contribution in [1.29, 1.82) is 0 Å². The Kier molecular flexibility index (Phi) is 8.05. The van der Waals surface area contributed by atoms with Crippen molar-refractivity contribution in [3.05, 3.63) is 35.9 Å². The second-order valence-corrected chi connectivity index (χ2v) is 8.63. The molecular formula is C14H14Br4O4. The average Bonchev–Trinajstić information content (AvgIpc) is 2.58. The van der Waals surface area contributed by atoms with Gasteiger partial charge in [-0.15, -0.1) is 0 Å². The smallest absolute Gasteiger partial charge is 0.335 e. The summed E-state index contributed by atoms with van der Waals surface area (Å²) in [5, 5.41) is 0. The molecule has 0 N–H and O–H groups in total. The van der Waals surface area contributed by atoms with Gasteiger partial charge in [-0.05, 0) is 5.56 Å². The zero-order valence-corrected chi connectivity index (χ0v) is 18.1. The van der Waals surface area contributed by atoms with Gasteiger partial charge in [-0.2, -0.15) is 0 Å². The summed E-state index contributed by atoms with van der Waals surface area (Å²) in [6, 6.07) is 9.62. The van der Waals surface area contributed by atoms with Crippen molar-refractivity contribution in [1.82, 2.24) is 0 Å². The van der Waals surface area contributed by atoms with Gasteiger partial charge >= 0.3 is 11.9 Å². The first-order valence-corrected chi connectivity index (χ1v) is 9.67. The lowest BCUT2D eigenvalue weighted by atomic mass is 9.99. The maximum Gasteiger partial charge on any atom is 0.335 e. The Hall–Kier alpha value is 0.0800. The number of rotatable bonds is 6. The van der Waals surface area contributed by atoms with Crippen LogP contribution < -0.4 is 0 Å². The van der Waals surface area contributed by atoms with E-state index in [1.807, 2.05) is 30.3 Å². The molecule has 8 heteroatoms. The molecule has 1 aromatic rings. The third kappa shape index (κ3) is 4.13. The summed E-state index contributed by atoms with van der Waals surface area (Å²) in [4.78, 5) is 23.1. The van der Waals surface area contributed by atoms with Crippen LogP contribution in [0, 0.1) is 0 Å². The highest BCUT2D eigenvalue weighted by molar-refractivity contribution is 9.14. The molecule has 3 atom stereocenters. The Morgan fingerprint density at radius 2 is 1.45 bits per heavy atom. The minimum Gasteiger partial charge on any atom is -0.467 e. The van der Waals surface area contributed by atoms with Crippen molar-refractivity contribution >= 4 is 75.7 Å². The van der Waals surface area contributed by atoms with Crippen molar-refractivity contribution in [2.45, 2.75) is 18.8 Å². The Balaban J connectivity index is 3.11. The number of carbonyl (C=O) groups excluding carboxylic acids is 2. The Morgan fingerprint density at radius 1 is 1.00 bits per heavy atom. The summed E-state index contributed by atoms with van der Waals surface area (Å²) in [7, 11) is 2.43. The fraction of sp³-hybridized carbons (Fsp3) is 0.429. The fourth-order valence-electron chi connectivity index (χ4n) is 1.79. The lowest BCUT2D eigenvalue weighted by Gasteiger charge is -2.32. The first-order chi connectivity index (χ1) is 10.3. The van der Waals surface area contributed by atoms with Crippen LogP contribution in [-0.2, 0) is 19.1 Å². The summed E-state index contributed by atoms with van der Waals surface area (Å²) in [6.45, 7) is 0. The van der Waals surface area contributed by atoms with Gasteiger partial charge < -0.3 is 9.47 Å². The van der Waals surface area contributed by atoms with E-state index in [-0.39, 0.29) is 9.65 Å². The minimum atomic E-state index is -1.66. The van der Waals surface area contributed by atoms with Crippen molar-refractivity contribution in [2.75, 3.05) is 14.2 Å². The molecular weight excluding hydrogens is 552 g/mol. The highest BCUT2D eigenvalue weighted by Gasteiger charge is 2.55. The molecule has 1 aromatic carbocycles. The molecule has 0 saturated carbocycles. The standard InChI is InChI=1S/C14H14Br4O4/c1-21-12(19)14(18,13(20)22-2)11(17)10(16)9(15)8-6-4-3-5-7-8/h3-7,9-11H,1-2H3. The summed E-state index contributed by atoms with van der Waals surface area (Å²) in [5.41, 5.74) is 0.999. The van der Waals surface area contributed by atoms with E-state index >= 15 is 0 Å². The molecule has 4 nitrogen and oxygen atoms in total. The Labute approximate surface area is 162 Å². The zero-order chi connectivity index (χ0) is 16.9. The van der Waals surface area contributed by atoms with Gasteiger partial charge in [0.2, 0.25) is 4.32 Å². The van der Waals surface area contributed by atoms with Gasteiger partial charge in [-0.3, -0.25) is 0 Å². The quantitative estimate of drug-likeness (QED) is 0.296. The van der Waals surface area contributed by atoms with E-state index < -0.39 is 21.1 Å². The molecule has 0 bridgehead atoms. The van der Waals surface area contributed by atoms with Crippen LogP contribution in [-0.4, -0.2) is 40.1 Å². The van der Waals surface area contributed by atoms with Crippen molar-refractivity contribution in [3.63, 3.8) is 0 Å². The predicted molar refractivity (Wildman–Crippen MR) is 99.2 cm³/mol. The van der Waals surface area contributed by atoms with Gasteiger partial charge in [-0.25, -0.2) is 9.59 Å². The highest BCUT2D eigenvalue weighted by atomic mass is 79.9. The van der Waals surface area contributed by atoms with Crippen molar-refractivity contribution in [2.24, 2.45) is 0 Å². The number of halogens is 4. The SMILES string of the molecule is COC(=O)C(Br)(C(=O)OC)C(Br)C(Br)C(Br)c1ccccc1. The minimum absolute atomic E-state index is 0.149. The molecule has 0 spiro atoms. The highest BCUT2D eigenvalue weighted by Crippen LogP contribution is 2.43. The molecule has 122 valence electrons.